The first-order chi connectivity index (χ1) is 27.0. The van der Waals surface area contributed by atoms with Gasteiger partial charge in [0.25, 0.3) is 10.1 Å². The molecular weight excluding hydrogens is 741 g/mol. The zero-order valence-corrected chi connectivity index (χ0v) is 35.0. The van der Waals surface area contributed by atoms with Gasteiger partial charge in [-0.05, 0) is 77.0 Å². The summed E-state index contributed by atoms with van der Waals surface area (Å²) in [5.41, 5.74) is 0. The van der Waals surface area contributed by atoms with Crippen LogP contribution in [-0.4, -0.2) is 96.0 Å². The molecule has 1 fully saturated rings. The Bertz CT molecular complexity index is 1230. The predicted octanol–water partition coefficient (Wildman–Crippen LogP) is 8.00. The van der Waals surface area contributed by atoms with E-state index in [-0.39, 0.29) is 19.4 Å². The molecule has 0 saturated carbocycles. The zero-order valence-electron chi connectivity index (χ0n) is 34.2. The van der Waals surface area contributed by atoms with E-state index in [1.165, 1.54) is 44.9 Å². The molecule has 13 heteroatoms. The number of carbonyl (C=O) groups excluding carboxylic acids is 2. The van der Waals surface area contributed by atoms with Crippen molar-refractivity contribution < 1.29 is 56.8 Å². The molecule has 0 aliphatic carbocycles. The van der Waals surface area contributed by atoms with Crippen molar-refractivity contribution in [3.05, 3.63) is 48.6 Å². The van der Waals surface area contributed by atoms with Crippen LogP contribution in [0.1, 0.15) is 155 Å². The number of hydrogen-bond acceptors (Lipinski definition) is 11. The van der Waals surface area contributed by atoms with Crippen LogP contribution in [0.2, 0.25) is 0 Å². The molecule has 1 unspecified atom stereocenters. The standard InChI is InChI=1S/C43H74O12S/c1-3-5-7-9-11-13-15-17-18-20-21-23-25-27-29-31-38(44)52-33-36(34-53-43-42(48)41(47)40(46)37(55-43)35-56(49,50)51)54-39(45)32-30-28-26-24-22-19-16-14-12-10-8-6-4-2/h11,13-14,16-18,21,23,36-37,40-43,46-48H,3-10,12,15,19-20,22,24-35H2,1-2H3,(H,49,50,51)/b13-11-,16-14+,18-17-,23-21-/t36?,37-,40-,41+,42-,43+/m1/s1. The predicted molar refractivity (Wildman–Crippen MR) is 219 cm³/mol. The van der Waals surface area contributed by atoms with Crippen LogP contribution in [0, 0.1) is 0 Å². The van der Waals surface area contributed by atoms with Crippen LogP contribution in [0.25, 0.3) is 0 Å². The quantitative estimate of drug-likeness (QED) is 0.0213. The fraction of sp³-hybridized carbons (Fsp3) is 0.767. The Morgan fingerprint density at radius 1 is 0.607 bits per heavy atom. The Morgan fingerprint density at radius 2 is 1.07 bits per heavy atom. The van der Waals surface area contributed by atoms with Crippen LogP contribution in [-0.2, 0) is 38.7 Å². The molecule has 0 aromatic carbocycles. The summed E-state index contributed by atoms with van der Waals surface area (Å²) in [6.07, 6.45) is 28.8. The van der Waals surface area contributed by atoms with Crippen LogP contribution in [0.3, 0.4) is 0 Å². The normalized spacial score (nSPS) is 21.1. The van der Waals surface area contributed by atoms with E-state index >= 15 is 0 Å². The summed E-state index contributed by atoms with van der Waals surface area (Å²) in [7, 11) is -4.61. The lowest BCUT2D eigenvalue weighted by atomic mass is 10.00. The molecule has 1 rings (SSSR count). The highest BCUT2D eigenvalue weighted by molar-refractivity contribution is 7.85. The van der Waals surface area contributed by atoms with E-state index < -0.39 is 71.2 Å². The minimum Gasteiger partial charge on any atom is -0.462 e. The van der Waals surface area contributed by atoms with Gasteiger partial charge >= 0.3 is 11.9 Å². The van der Waals surface area contributed by atoms with Crippen molar-refractivity contribution in [3.63, 3.8) is 0 Å². The van der Waals surface area contributed by atoms with E-state index in [0.29, 0.717) is 12.8 Å². The largest absolute Gasteiger partial charge is 0.462 e. The van der Waals surface area contributed by atoms with E-state index in [2.05, 4.69) is 62.5 Å². The van der Waals surface area contributed by atoms with Gasteiger partial charge in [0.05, 0.1) is 6.61 Å². The number of aliphatic hydroxyl groups excluding tert-OH is 3. The average Bonchev–Trinajstić information content (AvgIpc) is 3.16. The first-order valence-corrected chi connectivity index (χ1v) is 22.8. The van der Waals surface area contributed by atoms with Gasteiger partial charge in [0, 0.05) is 12.8 Å². The van der Waals surface area contributed by atoms with E-state index in [1.54, 1.807) is 0 Å². The lowest BCUT2D eigenvalue weighted by molar-refractivity contribution is -0.297. The van der Waals surface area contributed by atoms with Crippen molar-refractivity contribution in [1.29, 1.82) is 0 Å². The second-order valence-corrected chi connectivity index (χ2v) is 16.1. The molecular formula is C43H74O12S. The molecule has 1 aliphatic heterocycles. The molecule has 6 atom stereocenters. The summed E-state index contributed by atoms with van der Waals surface area (Å²) >= 11 is 0. The smallest absolute Gasteiger partial charge is 0.306 e. The van der Waals surface area contributed by atoms with Crippen molar-refractivity contribution in [2.75, 3.05) is 19.0 Å². The SMILES string of the molecule is CCCCC/C=C\C/C=C\C/C=C\CCCCC(=O)OCC(CO[C@H]1O[C@H](CS(=O)(=O)O)[C@@H](O)[C@H](O)[C@H]1O)OC(=O)CCCCCCC/C=C/CCCCCC. The fourth-order valence-corrected chi connectivity index (χ4v) is 6.72. The van der Waals surface area contributed by atoms with Gasteiger partial charge in [0.1, 0.15) is 36.8 Å². The second-order valence-electron chi connectivity index (χ2n) is 14.6. The van der Waals surface area contributed by atoms with Crippen molar-refractivity contribution in [1.82, 2.24) is 0 Å². The van der Waals surface area contributed by atoms with E-state index in [4.69, 9.17) is 18.9 Å². The fourth-order valence-electron chi connectivity index (χ4n) is 6.03. The number of esters is 2. The lowest BCUT2D eigenvalue weighted by Gasteiger charge is -2.40. The maximum Gasteiger partial charge on any atom is 0.306 e. The molecule has 324 valence electrons. The summed E-state index contributed by atoms with van der Waals surface area (Å²) < 4.78 is 53.9. The zero-order chi connectivity index (χ0) is 41.3. The molecule has 56 heavy (non-hydrogen) atoms. The Labute approximate surface area is 337 Å². The molecule has 1 aliphatic rings. The summed E-state index contributed by atoms with van der Waals surface area (Å²) in [5, 5.41) is 30.8. The van der Waals surface area contributed by atoms with Crippen LogP contribution in [0.4, 0.5) is 0 Å². The topological polar surface area (TPSA) is 186 Å². The van der Waals surface area contributed by atoms with Crippen molar-refractivity contribution in [2.45, 2.75) is 192 Å². The molecule has 0 amide bonds. The molecule has 0 bridgehead atoms. The van der Waals surface area contributed by atoms with Crippen LogP contribution in [0.15, 0.2) is 48.6 Å². The van der Waals surface area contributed by atoms with Gasteiger partial charge < -0.3 is 34.3 Å². The maximum absolute atomic E-state index is 12.8. The number of unbranched alkanes of at least 4 members (excludes halogenated alkanes) is 14. The number of hydrogen-bond donors (Lipinski definition) is 4. The lowest BCUT2D eigenvalue weighted by Crippen LogP contribution is -2.60. The van der Waals surface area contributed by atoms with Crippen molar-refractivity contribution in [3.8, 4) is 0 Å². The minimum atomic E-state index is -4.61. The van der Waals surface area contributed by atoms with Crippen molar-refractivity contribution >= 4 is 22.1 Å². The number of aliphatic hydroxyl groups is 3. The highest BCUT2D eigenvalue weighted by Crippen LogP contribution is 2.24. The second kappa shape index (κ2) is 33.6. The average molecular weight is 815 g/mol. The third-order valence-corrected chi connectivity index (χ3v) is 10.1. The number of rotatable bonds is 34. The maximum atomic E-state index is 12.8. The van der Waals surface area contributed by atoms with Crippen LogP contribution in [0.5, 0.6) is 0 Å². The summed E-state index contributed by atoms with van der Waals surface area (Å²) in [6, 6.07) is 0. The Kier molecular flexibility index (Phi) is 30.9. The highest BCUT2D eigenvalue weighted by atomic mass is 32.2. The molecule has 1 saturated heterocycles. The molecule has 0 spiro atoms. The van der Waals surface area contributed by atoms with Crippen molar-refractivity contribution in [2.24, 2.45) is 0 Å². The van der Waals surface area contributed by atoms with Gasteiger partial charge in [-0.1, -0.05) is 114 Å². The van der Waals surface area contributed by atoms with Gasteiger partial charge in [-0.25, -0.2) is 0 Å². The Hall–Kier alpha value is -2.39. The van der Waals surface area contributed by atoms with Crippen LogP contribution < -0.4 is 0 Å². The van der Waals surface area contributed by atoms with E-state index in [9.17, 15) is 37.9 Å². The summed E-state index contributed by atoms with van der Waals surface area (Å²) in [5.74, 6) is -2.05. The molecule has 1 heterocycles. The number of ether oxygens (including phenoxy) is 4. The molecule has 0 aromatic heterocycles. The summed E-state index contributed by atoms with van der Waals surface area (Å²) in [6.45, 7) is 3.65. The van der Waals surface area contributed by atoms with Gasteiger partial charge in [-0.15, -0.1) is 0 Å². The molecule has 0 aromatic rings. The summed E-state index contributed by atoms with van der Waals surface area (Å²) in [4.78, 5) is 25.3. The van der Waals surface area contributed by atoms with Gasteiger partial charge in [0.15, 0.2) is 12.4 Å². The highest BCUT2D eigenvalue weighted by Gasteiger charge is 2.46. The Morgan fingerprint density at radius 3 is 1.68 bits per heavy atom. The number of carbonyl (C=O) groups is 2. The minimum absolute atomic E-state index is 0.144. The monoisotopic (exact) mass is 814 g/mol. The number of allylic oxidation sites excluding steroid dienone is 8. The first kappa shape index (κ1) is 51.6. The van der Waals surface area contributed by atoms with Gasteiger partial charge in [0.2, 0.25) is 0 Å². The third kappa shape index (κ3) is 28.1. The Balaban J connectivity index is 2.52. The van der Waals surface area contributed by atoms with Gasteiger partial charge in [-0.2, -0.15) is 8.42 Å². The molecule has 4 N–H and O–H groups in total. The van der Waals surface area contributed by atoms with Gasteiger partial charge in [-0.3, -0.25) is 14.1 Å². The van der Waals surface area contributed by atoms with E-state index in [1.807, 2.05) is 0 Å². The third-order valence-electron chi connectivity index (χ3n) is 9.38. The first-order valence-electron chi connectivity index (χ1n) is 21.2. The van der Waals surface area contributed by atoms with Crippen LogP contribution >= 0.6 is 0 Å². The molecule has 12 nitrogen and oxygen atoms in total. The van der Waals surface area contributed by atoms with E-state index in [0.717, 1.165) is 70.6 Å². The molecule has 0 radical (unpaired) electrons.